The summed E-state index contributed by atoms with van der Waals surface area (Å²) < 4.78 is 24.1. The van der Waals surface area contributed by atoms with E-state index in [0.29, 0.717) is 17.1 Å². The highest BCUT2D eigenvalue weighted by atomic mass is 35.5. The first-order valence-electron chi connectivity index (χ1n) is 9.73. The van der Waals surface area contributed by atoms with Crippen LogP contribution in [-0.4, -0.2) is 17.9 Å². The molecule has 0 aliphatic carbocycles. The van der Waals surface area contributed by atoms with Crippen molar-refractivity contribution in [3.05, 3.63) is 98.3 Å². The van der Waals surface area contributed by atoms with Gasteiger partial charge in [-0.25, -0.2) is 4.39 Å². The molecule has 3 rings (SSSR count). The number of carbonyl (C=O) groups is 1. The summed E-state index contributed by atoms with van der Waals surface area (Å²) in [5, 5.41) is 23.2. The second-order valence-electron chi connectivity index (χ2n) is 6.87. The van der Waals surface area contributed by atoms with Crippen molar-refractivity contribution < 1.29 is 23.6 Å². The molecule has 1 N–H and O–H groups in total. The first-order chi connectivity index (χ1) is 16.3. The minimum Gasteiger partial charge on any atom is -0.493 e. The van der Waals surface area contributed by atoms with Crippen molar-refractivity contribution in [1.29, 1.82) is 5.26 Å². The van der Waals surface area contributed by atoms with Crippen molar-refractivity contribution >= 4 is 35.0 Å². The number of nitro benzene ring substituents is 1. The summed E-state index contributed by atoms with van der Waals surface area (Å²) in [7, 11) is 1.44. The van der Waals surface area contributed by atoms with Crippen molar-refractivity contribution in [1.82, 2.24) is 0 Å². The number of hydrogen-bond acceptors (Lipinski definition) is 6. The number of rotatable bonds is 8. The highest BCUT2D eigenvalue weighted by molar-refractivity contribution is 6.31. The number of carbonyl (C=O) groups excluding carboxylic acids is 1. The number of benzene rings is 3. The summed E-state index contributed by atoms with van der Waals surface area (Å²) in [5.41, 5.74) is 0.437. The second kappa shape index (κ2) is 10.9. The molecule has 0 aliphatic heterocycles. The molecule has 172 valence electrons. The third-order valence-electron chi connectivity index (χ3n) is 4.58. The molecule has 0 saturated heterocycles. The Hall–Kier alpha value is -4.42. The normalized spacial score (nSPS) is 10.8. The van der Waals surface area contributed by atoms with Gasteiger partial charge in [0.05, 0.1) is 12.0 Å². The molecule has 0 spiro atoms. The number of nitriles is 1. The van der Waals surface area contributed by atoms with E-state index < -0.39 is 16.5 Å². The van der Waals surface area contributed by atoms with Crippen LogP contribution in [0.2, 0.25) is 5.02 Å². The van der Waals surface area contributed by atoms with E-state index in [0.717, 1.165) is 11.6 Å². The molecule has 3 aromatic rings. The third-order valence-corrected chi connectivity index (χ3v) is 4.81. The van der Waals surface area contributed by atoms with Crippen molar-refractivity contribution in [3.63, 3.8) is 0 Å². The van der Waals surface area contributed by atoms with Crippen LogP contribution in [0, 0.1) is 27.3 Å². The molecule has 0 radical (unpaired) electrons. The maximum atomic E-state index is 13.0. The van der Waals surface area contributed by atoms with Gasteiger partial charge in [-0.2, -0.15) is 5.26 Å². The molecule has 0 bridgehead atoms. The molecule has 0 atom stereocenters. The molecule has 1 amide bonds. The van der Waals surface area contributed by atoms with Crippen LogP contribution in [-0.2, 0) is 11.4 Å². The maximum absolute atomic E-state index is 13.0. The Morgan fingerprint density at radius 3 is 2.56 bits per heavy atom. The molecular weight excluding hydrogens is 465 g/mol. The lowest BCUT2D eigenvalue weighted by atomic mass is 10.1. The molecule has 0 heterocycles. The Labute approximate surface area is 198 Å². The van der Waals surface area contributed by atoms with Gasteiger partial charge in [0, 0.05) is 11.1 Å². The van der Waals surface area contributed by atoms with Gasteiger partial charge >= 0.3 is 0 Å². The predicted molar refractivity (Wildman–Crippen MR) is 124 cm³/mol. The van der Waals surface area contributed by atoms with Crippen LogP contribution >= 0.6 is 11.6 Å². The van der Waals surface area contributed by atoms with E-state index in [2.05, 4.69) is 5.32 Å². The van der Waals surface area contributed by atoms with Crippen molar-refractivity contribution in [2.75, 3.05) is 12.4 Å². The molecule has 0 aromatic heterocycles. The summed E-state index contributed by atoms with van der Waals surface area (Å²) in [6.45, 7) is 0.178. The number of amides is 1. The molecule has 0 unspecified atom stereocenters. The van der Waals surface area contributed by atoms with E-state index in [1.807, 2.05) is 0 Å². The lowest BCUT2D eigenvalue weighted by Crippen LogP contribution is -2.14. The molecule has 8 nitrogen and oxygen atoms in total. The molecule has 3 aromatic carbocycles. The topological polar surface area (TPSA) is 114 Å². The van der Waals surface area contributed by atoms with Crippen LogP contribution in [0.1, 0.15) is 11.1 Å². The van der Waals surface area contributed by atoms with Crippen molar-refractivity contribution in [2.24, 2.45) is 0 Å². The van der Waals surface area contributed by atoms with Crippen molar-refractivity contribution in [3.8, 4) is 17.6 Å². The molecular formula is C24H17ClFN3O5. The minimum absolute atomic E-state index is 0.0947. The van der Waals surface area contributed by atoms with E-state index in [-0.39, 0.29) is 28.7 Å². The van der Waals surface area contributed by atoms with E-state index in [9.17, 15) is 24.6 Å². The van der Waals surface area contributed by atoms with Gasteiger partial charge in [-0.1, -0.05) is 29.8 Å². The monoisotopic (exact) mass is 481 g/mol. The van der Waals surface area contributed by atoms with E-state index in [1.165, 1.54) is 37.5 Å². The van der Waals surface area contributed by atoms with Crippen LogP contribution in [0.25, 0.3) is 6.08 Å². The number of anilines is 1. The first kappa shape index (κ1) is 24.2. The van der Waals surface area contributed by atoms with Crippen LogP contribution in [0.5, 0.6) is 11.5 Å². The van der Waals surface area contributed by atoms with Gasteiger partial charge in [0.1, 0.15) is 29.8 Å². The number of nitrogens with one attached hydrogen (secondary N) is 1. The Bertz CT molecular complexity index is 1300. The molecule has 0 aliphatic rings. The fourth-order valence-corrected chi connectivity index (χ4v) is 3.07. The van der Waals surface area contributed by atoms with Gasteiger partial charge in [-0.15, -0.1) is 0 Å². The Balaban J connectivity index is 1.79. The second-order valence-corrected chi connectivity index (χ2v) is 7.30. The zero-order valence-electron chi connectivity index (χ0n) is 17.7. The summed E-state index contributed by atoms with van der Waals surface area (Å²) in [4.78, 5) is 23.1. The Kier molecular flexibility index (Phi) is 7.79. The van der Waals surface area contributed by atoms with Crippen LogP contribution < -0.4 is 14.8 Å². The summed E-state index contributed by atoms with van der Waals surface area (Å²) in [5.74, 6) is -0.422. The first-order valence-corrected chi connectivity index (χ1v) is 10.1. The summed E-state index contributed by atoms with van der Waals surface area (Å²) in [6, 6.07) is 16.2. The molecule has 10 heteroatoms. The molecule has 0 saturated carbocycles. The van der Waals surface area contributed by atoms with Gasteiger partial charge in [0.2, 0.25) is 0 Å². The van der Waals surface area contributed by atoms with E-state index in [4.69, 9.17) is 21.1 Å². The van der Waals surface area contributed by atoms with Gasteiger partial charge in [0.25, 0.3) is 11.6 Å². The number of hydrogen-bond donors (Lipinski definition) is 1. The lowest BCUT2D eigenvalue weighted by molar-refractivity contribution is -0.383. The number of ether oxygens (including phenoxy) is 2. The fraction of sp³-hybridized carbons (Fsp3) is 0.0833. The SMILES string of the molecule is COc1cc(C=C(C#N)C(=O)Nc2ccc(Cl)cc2[N+](=O)[O-])ccc1OCc1ccc(F)cc1. The van der Waals surface area contributed by atoms with Crippen LogP contribution in [0.15, 0.2) is 66.2 Å². The van der Waals surface area contributed by atoms with Gasteiger partial charge in [-0.05, 0) is 53.6 Å². The summed E-state index contributed by atoms with van der Waals surface area (Å²) in [6.07, 6.45) is 1.31. The van der Waals surface area contributed by atoms with Crippen LogP contribution in [0.4, 0.5) is 15.8 Å². The highest BCUT2D eigenvalue weighted by Crippen LogP contribution is 2.31. The fourth-order valence-electron chi connectivity index (χ4n) is 2.90. The average molecular weight is 482 g/mol. The number of nitro groups is 1. The largest absolute Gasteiger partial charge is 0.493 e. The third kappa shape index (κ3) is 6.09. The predicted octanol–water partition coefficient (Wildman–Crippen LogP) is 5.52. The Morgan fingerprint density at radius 1 is 1.18 bits per heavy atom. The molecule has 34 heavy (non-hydrogen) atoms. The van der Waals surface area contributed by atoms with Gasteiger partial charge < -0.3 is 14.8 Å². The lowest BCUT2D eigenvalue weighted by Gasteiger charge is -2.12. The smallest absolute Gasteiger partial charge is 0.294 e. The summed E-state index contributed by atoms with van der Waals surface area (Å²) >= 11 is 5.78. The van der Waals surface area contributed by atoms with E-state index in [1.54, 1.807) is 36.4 Å². The minimum atomic E-state index is -0.830. The number of halogens is 2. The number of methoxy groups -OCH3 is 1. The molecule has 0 fully saturated rings. The maximum Gasteiger partial charge on any atom is 0.294 e. The van der Waals surface area contributed by atoms with Crippen molar-refractivity contribution in [2.45, 2.75) is 6.61 Å². The zero-order valence-corrected chi connectivity index (χ0v) is 18.5. The van der Waals surface area contributed by atoms with Gasteiger partial charge in [0.15, 0.2) is 11.5 Å². The van der Waals surface area contributed by atoms with Crippen LogP contribution in [0.3, 0.4) is 0 Å². The number of nitrogens with zero attached hydrogens (tertiary/aromatic N) is 2. The zero-order chi connectivity index (χ0) is 24.7. The highest BCUT2D eigenvalue weighted by Gasteiger charge is 2.19. The standard InChI is InChI=1S/C24H17ClFN3O5/c1-33-23-11-16(4-9-22(23)34-14-15-2-6-19(26)7-3-15)10-17(13-27)24(30)28-20-8-5-18(25)12-21(20)29(31)32/h2-12H,14H2,1H3,(H,28,30). The van der Waals surface area contributed by atoms with Gasteiger partial charge in [-0.3, -0.25) is 14.9 Å². The van der Waals surface area contributed by atoms with E-state index >= 15 is 0 Å². The quantitative estimate of drug-likeness (QED) is 0.196. The Morgan fingerprint density at radius 2 is 1.91 bits per heavy atom. The average Bonchev–Trinajstić information content (AvgIpc) is 2.83.